The third kappa shape index (κ3) is 5.32. The summed E-state index contributed by atoms with van der Waals surface area (Å²) < 4.78 is 10.3. The van der Waals surface area contributed by atoms with E-state index < -0.39 is 6.10 Å². The van der Waals surface area contributed by atoms with E-state index in [0.29, 0.717) is 6.61 Å². The highest BCUT2D eigenvalue weighted by Crippen LogP contribution is 2.11. The molecule has 4 nitrogen and oxygen atoms in total. The number of halogens is 1. The van der Waals surface area contributed by atoms with Crippen LogP contribution >= 0.6 is 12.4 Å². The zero-order valence-corrected chi connectivity index (χ0v) is 10.1. The molecule has 0 heterocycles. The van der Waals surface area contributed by atoms with Crippen molar-refractivity contribution < 1.29 is 14.6 Å². The van der Waals surface area contributed by atoms with Crippen molar-refractivity contribution in [1.29, 1.82) is 0 Å². The molecule has 0 aliphatic carbocycles. The number of ether oxygens (including phenoxy) is 2. The molecule has 1 rings (SSSR count). The van der Waals surface area contributed by atoms with Crippen LogP contribution in [-0.2, 0) is 11.3 Å². The molecule has 5 heteroatoms. The lowest BCUT2D eigenvalue weighted by molar-refractivity contribution is 0.0329. The minimum absolute atomic E-state index is 0. The minimum atomic E-state index is -0.580. The van der Waals surface area contributed by atoms with Crippen LogP contribution in [0.5, 0.6) is 5.75 Å². The van der Waals surface area contributed by atoms with Crippen LogP contribution in [0.3, 0.4) is 0 Å². The smallest absolute Gasteiger partial charge is 0.118 e. The van der Waals surface area contributed by atoms with Crippen molar-refractivity contribution in [2.45, 2.75) is 12.7 Å². The molecule has 3 N–H and O–H groups in total. The number of aliphatic hydroxyl groups is 1. The van der Waals surface area contributed by atoms with E-state index in [9.17, 15) is 0 Å². The molecule has 0 aliphatic rings. The van der Waals surface area contributed by atoms with E-state index in [-0.39, 0.29) is 25.6 Å². The summed E-state index contributed by atoms with van der Waals surface area (Å²) in [7, 11) is 1.63. The van der Waals surface area contributed by atoms with Gasteiger partial charge < -0.3 is 20.3 Å². The topological polar surface area (TPSA) is 64.7 Å². The molecule has 0 saturated carbocycles. The van der Waals surface area contributed by atoms with Crippen LogP contribution in [0.4, 0.5) is 0 Å². The van der Waals surface area contributed by atoms with Crippen LogP contribution in [-0.4, -0.2) is 31.5 Å². The summed E-state index contributed by atoms with van der Waals surface area (Å²) in [5.41, 5.74) is 6.28. The molecule has 0 saturated heterocycles. The van der Waals surface area contributed by atoms with Gasteiger partial charge in [0.2, 0.25) is 0 Å². The Morgan fingerprint density at radius 1 is 1.31 bits per heavy atom. The highest BCUT2D eigenvalue weighted by molar-refractivity contribution is 5.85. The fourth-order valence-corrected chi connectivity index (χ4v) is 1.10. The molecule has 0 aliphatic heterocycles. The molecule has 1 atom stereocenters. The summed E-state index contributed by atoms with van der Waals surface area (Å²) in [6.07, 6.45) is -0.580. The van der Waals surface area contributed by atoms with Gasteiger partial charge in [-0.15, -0.1) is 12.4 Å². The lowest BCUT2D eigenvalue weighted by atomic mass is 10.2. The predicted molar refractivity (Wildman–Crippen MR) is 65.0 cm³/mol. The van der Waals surface area contributed by atoms with Gasteiger partial charge in [-0.1, -0.05) is 12.1 Å². The van der Waals surface area contributed by atoms with E-state index in [2.05, 4.69) is 0 Å². The molecule has 0 fully saturated rings. The van der Waals surface area contributed by atoms with Crippen molar-refractivity contribution in [2.75, 3.05) is 20.3 Å². The Balaban J connectivity index is 0.00000225. The quantitative estimate of drug-likeness (QED) is 0.786. The number of rotatable bonds is 6. The van der Waals surface area contributed by atoms with E-state index >= 15 is 0 Å². The van der Waals surface area contributed by atoms with Gasteiger partial charge in [-0.25, -0.2) is 0 Å². The first-order valence-corrected chi connectivity index (χ1v) is 4.85. The largest absolute Gasteiger partial charge is 0.497 e. The zero-order valence-electron chi connectivity index (χ0n) is 9.26. The lowest BCUT2D eigenvalue weighted by Gasteiger charge is -2.08. The molecule has 0 amide bonds. The van der Waals surface area contributed by atoms with Gasteiger partial charge in [0.1, 0.15) is 5.75 Å². The van der Waals surface area contributed by atoms with Gasteiger partial charge in [-0.3, -0.25) is 0 Å². The normalized spacial score (nSPS) is 11.7. The third-order valence-electron chi connectivity index (χ3n) is 2.01. The Morgan fingerprint density at radius 2 is 1.94 bits per heavy atom. The first kappa shape index (κ1) is 15.2. The summed E-state index contributed by atoms with van der Waals surface area (Å²) >= 11 is 0. The molecule has 0 spiro atoms. The van der Waals surface area contributed by atoms with E-state index in [1.54, 1.807) is 7.11 Å². The number of nitrogens with two attached hydrogens (primary N) is 1. The van der Waals surface area contributed by atoms with Crippen molar-refractivity contribution in [3.05, 3.63) is 29.8 Å². The van der Waals surface area contributed by atoms with Crippen molar-refractivity contribution in [3.8, 4) is 5.75 Å². The molecule has 16 heavy (non-hydrogen) atoms. The summed E-state index contributed by atoms with van der Waals surface area (Å²) in [6.45, 7) is 0.964. The molecular formula is C11H18ClNO3. The average molecular weight is 248 g/mol. The third-order valence-corrected chi connectivity index (χ3v) is 2.01. The maximum atomic E-state index is 9.15. The highest BCUT2D eigenvalue weighted by Gasteiger charge is 2.01. The zero-order chi connectivity index (χ0) is 11.1. The maximum Gasteiger partial charge on any atom is 0.118 e. The number of hydrogen-bond donors (Lipinski definition) is 2. The predicted octanol–water partition coefficient (Wildman–Crippen LogP) is 0.953. The summed E-state index contributed by atoms with van der Waals surface area (Å²) in [6, 6.07) is 7.59. The fourth-order valence-electron chi connectivity index (χ4n) is 1.10. The first-order chi connectivity index (χ1) is 7.26. The van der Waals surface area contributed by atoms with Crippen molar-refractivity contribution in [1.82, 2.24) is 0 Å². The number of hydrogen-bond acceptors (Lipinski definition) is 4. The van der Waals surface area contributed by atoms with Gasteiger partial charge >= 0.3 is 0 Å². The molecule has 1 aromatic rings. The van der Waals surface area contributed by atoms with Gasteiger partial charge in [0.25, 0.3) is 0 Å². The Bertz CT molecular complexity index is 279. The summed E-state index contributed by atoms with van der Waals surface area (Å²) in [5.74, 6) is 0.820. The Hall–Kier alpha value is -0.810. The second-order valence-corrected chi connectivity index (χ2v) is 3.25. The second-order valence-electron chi connectivity index (χ2n) is 3.25. The van der Waals surface area contributed by atoms with Crippen LogP contribution in [0, 0.1) is 0 Å². The number of aliphatic hydroxyl groups excluding tert-OH is 1. The van der Waals surface area contributed by atoms with E-state index in [0.717, 1.165) is 11.3 Å². The van der Waals surface area contributed by atoms with Gasteiger partial charge in [-0.05, 0) is 17.7 Å². The Morgan fingerprint density at radius 3 is 2.44 bits per heavy atom. The summed E-state index contributed by atoms with van der Waals surface area (Å²) in [5, 5.41) is 9.15. The van der Waals surface area contributed by atoms with E-state index in [1.165, 1.54) is 0 Å². The average Bonchev–Trinajstić information content (AvgIpc) is 2.29. The van der Waals surface area contributed by atoms with Gasteiger partial charge in [0.05, 0.1) is 26.4 Å². The monoisotopic (exact) mass is 247 g/mol. The van der Waals surface area contributed by atoms with Crippen molar-refractivity contribution >= 4 is 12.4 Å². The fraction of sp³-hybridized carbons (Fsp3) is 0.455. The molecular weight excluding hydrogens is 230 g/mol. The standard InChI is InChI=1S/C11H17NO3.ClH/c1-14-11-4-2-9(3-5-11)7-15-8-10(13)6-12;/h2-5,10,13H,6-8,12H2,1H3;1H. The highest BCUT2D eigenvalue weighted by atomic mass is 35.5. The Labute approximate surface area is 102 Å². The van der Waals surface area contributed by atoms with Crippen LogP contribution in [0.1, 0.15) is 5.56 Å². The minimum Gasteiger partial charge on any atom is -0.497 e. The molecule has 0 bridgehead atoms. The van der Waals surface area contributed by atoms with Crippen molar-refractivity contribution in [2.24, 2.45) is 5.73 Å². The SMILES string of the molecule is COc1ccc(COCC(O)CN)cc1.Cl. The van der Waals surface area contributed by atoms with Gasteiger partial charge in [0, 0.05) is 6.54 Å². The van der Waals surface area contributed by atoms with Crippen LogP contribution < -0.4 is 10.5 Å². The van der Waals surface area contributed by atoms with Gasteiger partial charge in [-0.2, -0.15) is 0 Å². The van der Waals surface area contributed by atoms with Crippen molar-refractivity contribution in [3.63, 3.8) is 0 Å². The number of methoxy groups -OCH3 is 1. The molecule has 1 unspecified atom stereocenters. The first-order valence-electron chi connectivity index (χ1n) is 4.85. The van der Waals surface area contributed by atoms with Crippen LogP contribution in [0.15, 0.2) is 24.3 Å². The molecule has 92 valence electrons. The maximum absolute atomic E-state index is 9.15. The van der Waals surface area contributed by atoms with E-state index in [1.807, 2.05) is 24.3 Å². The molecule has 0 aromatic heterocycles. The van der Waals surface area contributed by atoms with Gasteiger partial charge in [0.15, 0.2) is 0 Å². The molecule has 0 radical (unpaired) electrons. The lowest BCUT2D eigenvalue weighted by Crippen LogP contribution is -2.24. The van der Waals surface area contributed by atoms with Crippen LogP contribution in [0.2, 0.25) is 0 Å². The van der Waals surface area contributed by atoms with E-state index in [4.69, 9.17) is 20.3 Å². The van der Waals surface area contributed by atoms with Crippen LogP contribution in [0.25, 0.3) is 0 Å². The second kappa shape index (κ2) is 8.35. The molecule has 1 aromatic carbocycles. The number of benzene rings is 1. The summed E-state index contributed by atoms with van der Waals surface area (Å²) in [4.78, 5) is 0. The Kier molecular flexibility index (Phi) is 7.93.